The molecule has 0 radical (unpaired) electrons. The number of nitrogens with two attached hydrogens (primary N) is 1. The molecule has 0 saturated carbocycles. The number of aliphatic imine (C=N–C) groups is 1. The number of hydrogen-bond donors (Lipinski definition) is 1. The van der Waals surface area contributed by atoms with E-state index in [-0.39, 0.29) is 11.9 Å². The molecule has 2 aliphatic rings. The van der Waals surface area contributed by atoms with E-state index in [1.807, 2.05) is 23.2 Å². The third-order valence-electron chi connectivity index (χ3n) is 7.54. The number of benzene rings is 2. The van der Waals surface area contributed by atoms with Gasteiger partial charge in [-0.25, -0.2) is 0 Å². The molecule has 1 aromatic heterocycles. The molecule has 2 N–H and O–H groups in total. The second-order valence-electron chi connectivity index (χ2n) is 10.4. The molecule has 3 aromatic rings. The average molecular weight is 497 g/mol. The summed E-state index contributed by atoms with van der Waals surface area (Å²) in [6, 6.07) is 17.2. The summed E-state index contributed by atoms with van der Waals surface area (Å²) in [5, 5.41) is 2.08. The lowest BCUT2D eigenvalue weighted by Gasteiger charge is -2.31. The van der Waals surface area contributed by atoms with E-state index in [4.69, 9.17) is 20.4 Å². The van der Waals surface area contributed by atoms with Crippen LogP contribution in [0.2, 0.25) is 0 Å². The van der Waals surface area contributed by atoms with Crippen LogP contribution in [0.1, 0.15) is 57.1 Å². The Morgan fingerprint density at radius 3 is 2.59 bits per heavy atom. The number of nitrogens with zero attached hydrogens (tertiary/aromatic N) is 3. The van der Waals surface area contributed by atoms with Crippen LogP contribution >= 0.6 is 0 Å². The molecule has 0 bridgehead atoms. The number of carbonyl (C=O) groups excluding carboxylic acids is 1. The Bertz CT molecular complexity index is 1350. The number of fused-ring (bicyclic) bond motifs is 1. The monoisotopic (exact) mass is 496 g/mol. The molecule has 3 heterocycles. The fourth-order valence-corrected chi connectivity index (χ4v) is 5.21. The Morgan fingerprint density at radius 1 is 1.14 bits per heavy atom. The molecule has 2 fully saturated rings. The molecule has 0 atom stereocenters. The summed E-state index contributed by atoms with van der Waals surface area (Å²) in [4.78, 5) is 24.0. The molecule has 1 amide bonds. The first-order valence-corrected chi connectivity index (χ1v) is 13.3. The van der Waals surface area contributed by atoms with Crippen molar-refractivity contribution >= 4 is 28.1 Å². The molecule has 37 heavy (non-hydrogen) atoms. The summed E-state index contributed by atoms with van der Waals surface area (Å²) >= 11 is 0. The van der Waals surface area contributed by atoms with Crippen LogP contribution in [0.5, 0.6) is 0 Å². The molecule has 192 valence electrons. The summed E-state index contributed by atoms with van der Waals surface area (Å²) < 4.78 is 5.52. The Hall–Kier alpha value is -3.51. The lowest BCUT2D eigenvalue weighted by molar-refractivity contribution is -0.128. The molecule has 2 aliphatic heterocycles. The Morgan fingerprint density at radius 2 is 1.89 bits per heavy atom. The number of piperidine rings is 1. The van der Waals surface area contributed by atoms with E-state index < -0.39 is 0 Å². The van der Waals surface area contributed by atoms with Gasteiger partial charge in [-0.1, -0.05) is 56.3 Å². The van der Waals surface area contributed by atoms with Gasteiger partial charge >= 0.3 is 0 Å². The van der Waals surface area contributed by atoms with E-state index in [1.165, 1.54) is 5.56 Å². The fraction of sp³-hybridized carbons (Fsp3) is 0.387. The van der Waals surface area contributed by atoms with Gasteiger partial charge in [0.05, 0.1) is 11.7 Å². The Labute approximate surface area is 219 Å². The van der Waals surface area contributed by atoms with Crippen LogP contribution in [0.15, 0.2) is 65.3 Å². The highest BCUT2D eigenvalue weighted by Crippen LogP contribution is 2.30. The molecular weight excluding hydrogens is 460 g/mol. The van der Waals surface area contributed by atoms with Crippen LogP contribution in [-0.2, 0) is 9.53 Å². The molecule has 6 heteroatoms. The van der Waals surface area contributed by atoms with Gasteiger partial charge in [0, 0.05) is 79.3 Å². The molecule has 2 aromatic carbocycles. The lowest BCUT2D eigenvalue weighted by Crippen LogP contribution is -2.40. The van der Waals surface area contributed by atoms with Crippen LogP contribution < -0.4 is 5.73 Å². The topological polar surface area (TPSA) is 80.8 Å². The molecular formula is C31H36N4O2. The van der Waals surface area contributed by atoms with E-state index in [1.54, 1.807) is 6.92 Å². The number of hydrogen-bond acceptors (Lipinski definition) is 5. The predicted molar refractivity (Wildman–Crippen MR) is 151 cm³/mol. The van der Waals surface area contributed by atoms with Crippen molar-refractivity contribution in [3.63, 3.8) is 0 Å². The van der Waals surface area contributed by atoms with Crippen LogP contribution in [0.4, 0.5) is 0 Å². The highest BCUT2D eigenvalue weighted by atomic mass is 16.5. The number of ether oxygens (including phenoxy) is 1. The van der Waals surface area contributed by atoms with E-state index >= 15 is 0 Å². The largest absolute Gasteiger partial charge is 0.398 e. The van der Waals surface area contributed by atoms with Gasteiger partial charge in [0.25, 0.3) is 0 Å². The van der Waals surface area contributed by atoms with Crippen LogP contribution in [0.25, 0.3) is 27.7 Å². The molecule has 0 spiro atoms. The minimum absolute atomic E-state index is 0.0585. The molecule has 5 rings (SSSR count). The van der Waals surface area contributed by atoms with E-state index in [9.17, 15) is 4.79 Å². The summed E-state index contributed by atoms with van der Waals surface area (Å²) in [5.74, 6) is 0.555. The van der Waals surface area contributed by atoms with Crippen molar-refractivity contribution < 1.29 is 9.53 Å². The second kappa shape index (κ2) is 10.9. The molecule has 0 aliphatic carbocycles. The van der Waals surface area contributed by atoms with Crippen molar-refractivity contribution in [2.24, 2.45) is 10.7 Å². The van der Waals surface area contributed by atoms with Gasteiger partial charge in [0.1, 0.15) is 0 Å². The second-order valence-corrected chi connectivity index (χ2v) is 10.4. The smallest absolute Gasteiger partial charge is 0.219 e. The molecule has 6 nitrogen and oxygen atoms in total. The summed E-state index contributed by atoms with van der Waals surface area (Å²) in [6.45, 7) is 8.65. The standard InChI is InChI=1S/C31H36N4O2/c1-20(2)22-7-9-23(10-8-22)30-17-24-5-4-6-26(27(24)18-33-30)31(32)28-19-35(21(3)36)14-11-29(28)34-25-12-15-37-16-13-25/h4-10,17-18,20,25H,11-16,19,32H2,1-3H3/b31-28-,34-29?. The van der Waals surface area contributed by atoms with Gasteiger partial charge in [0.2, 0.25) is 5.91 Å². The van der Waals surface area contributed by atoms with Gasteiger partial charge < -0.3 is 15.4 Å². The minimum atomic E-state index is 0.0585. The summed E-state index contributed by atoms with van der Waals surface area (Å²) in [6.07, 6.45) is 4.48. The van der Waals surface area contributed by atoms with Crippen molar-refractivity contribution in [3.8, 4) is 11.3 Å². The normalized spacial score (nSPS) is 19.6. The van der Waals surface area contributed by atoms with Crippen molar-refractivity contribution in [2.75, 3.05) is 26.3 Å². The highest BCUT2D eigenvalue weighted by Gasteiger charge is 2.26. The zero-order chi connectivity index (χ0) is 25.9. The van der Waals surface area contributed by atoms with Crippen molar-refractivity contribution in [2.45, 2.75) is 52.0 Å². The SMILES string of the molecule is CC(=O)N1CCC(=NC2CCOCC2)/C(=C(\N)c2cccc3cc(-c4ccc(C(C)C)cc4)ncc23)C1. The highest BCUT2D eigenvalue weighted by molar-refractivity contribution is 6.10. The number of rotatable bonds is 4. The van der Waals surface area contributed by atoms with Crippen molar-refractivity contribution in [1.82, 2.24) is 9.88 Å². The maximum absolute atomic E-state index is 12.2. The van der Waals surface area contributed by atoms with E-state index in [2.05, 4.69) is 50.2 Å². The Balaban J connectivity index is 1.54. The third kappa shape index (κ3) is 5.44. The van der Waals surface area contributed by atoms with E-state index in [0.717, 1.165) is 64.9 Å². The maximum atomic E-state index is 12.2. The first-order valence-electron chi connectivity index (χ1n) is 13.3. The van der Waals surface area contributed by atoms with Gasteiger partial charge in [-0.15, -0.1) is 0 Å². The first kappa shape index (κ1) is 25.2. The van der Waals surface area contributed by atoms with Gasteiger partial charge in [-0.2, -0.15) is 0 Å². The number of aromatic nitrogens is 1. The molecule has 2 saturated heterocycles. The van der Waals surface area contributed by atoms with Crippen molar-refractivity contribution in [1.29, 1.82) is 0 Å². The number of carbonyl (C=O) groups is 1. The lowest BCUT2D eigenvalue weighted by atomic mass is 9.93. The quantitative estimate of drug-likeness (QED) is 0.512. The van der Waals surface area contributed by atoms with Crippen molar-refractivity contribution in [3.05, 3.63) is 71.4 Å². The van der Waals surface area contributed by atoms with Gasteiger partial charge in [-0.05, 0) is 35.8 Å². The first-order chi connectivity index (χ1) is 17.9. The minimum Gasteiger partial charge on any atom is -0.398 e. The van der Waals surface area contributed by atoms with Crippen LogP contribution in [0, 0.1) is 0 Å². The van der Waals surface area contributed by atoms with E-state index in [0.29, 0.717) is 31.1 Å². The predicted octanol–water partition coefficient (Wildman–Crippen LogP) is 5.57. The Kier molecular flexibility index (Phi) is 7.38. The zero-order valence-corrected chi connectivity index (χ0v) is 22.0. The van der Waals surface area contributed by atoms with Crippen LogP contribution in [-0.4, -0.2) is 53.8 Å². The average Bonchev–Trinajstić information content (AvgIpc) is 2.92. The zero-order valence-electron chi connectivity index (χ0n) is 22.0. The molecule has 0 unspecified atom stereocenters. The summed E-state index contributed by atoms with van der Waals surface area (Å²) in [7, 11) is 0. The number of pyridine rings is 1. The number of likely N-dealkylation sites (tertiary alicyclic amines) is 1. The third-order valence-corrected chi connectivity index (χ3v) is 7.54. The maximum Gasteiger partial charge on any atom is 0.219 e. The van der Waals surface area contributed by atoms with Gasteiger partial charge in [0.15, 0.2) is 0 Å². The summed E-state index contributed by atoms with van der Waals surface area (Å²) in [5.41, 5.74) is 13.8. The fourth-order valence-electron chi connectivity index (χ4n) is 5.21. The van der Waals surface area contributed by atoms with Crippen LogP contribution in [0.3, 0.4) is 0 Å². The van der Waals surface area contributed by atoms with Gasteiger partial charge in [-0.3, -0.25) is 14.8 Å². The number of amides is 1.